The van der Waals surface area contributed by atoms with Crippen molar-refractivity contribution in [3.05, 3.63) is 45.7 Å². The number of nitrogens with one attached hydrogen (secondary N) is 2. The molecule has 2 aromatic rings. The Morgan fingerprint density at radius 1 is 1.33 bits per heavy atom. The molecule has 0 saturated heterocycles. The summed E-state index contributed by atoms with van der Waals surface area (Å²) in [6, 6.07) is 4.46. The molecule has 0 spiro atoms. The largest absolute Gasteiger partial charge is 0.331 e. The van der Waals surface area contributed by atoms with Crippen LogP contribution in [0.2, 0.25) is 10.0 Å². The number of hydrogen-bond donors (Lipinski definition) is 2. The molecule has 1 heterocycles. The van der Waals surface area contributed by atoms with E-state index in [0.29, 0.717) is 15.7 Å². The van der Waals surface area contributed by atoms with E-state index in [1.54, 1.807) is 29.1 Å². The monoisotopic (exact) mass is 326 g/mol. The van der Waals surface area contributed by atoms with Crippen LogP contribution in [0.25, 0.3) is 0 Å². The number of halogens is 2. The lowest BCUT2D eigenvalue weighted by Gasteiger charge is -2.14. The van der Waals surface area contributed by atoms with Crippen molar-refractivity contribution in [3.63, 3.8) is 0 Å². The highest BCUT2D eigenvalue weighted by Crippen LogP contribution is 2.25. The van der Waals surface area contributed by atoms with Gasteiger partial charge in [-0.1, -0.05) is 23.2 Å². The molecule has 21 heavy (non-hydrogen) atoms. The summed E-state index contributed by atoms with van der Waals surface area (Å²) >= 11 is 11.7. The van der Waals surface area contributed by atoms with Gasteiger partial charge in [-0.15, -0.1) is 0 Å². The van der Waals surface area contributed by atoms with E-state index >= 15 is 0 Å². The van der Waals surface area contributed by atoms with Gasteiger partial charge < -0.3 is 10.6 Å². The van der Waals surface area contributed by atoms with E-state index in [-0.39, 0.29) is 12.1 Å². The number of anilines is 1. The van der Waals surface area contributed by atoms with E-state index in [0.717, 1.165) is 11.3 Å². The fourth-order valence-corrected chi connectivity index (χ4v) is 2.25. The zero-order chi connectivity index (χ0) is 15.6. The maximum Gasteiger partial charge on any atom is 0.319 e. The van der Waals surface area contributed by atoms with Crippen LogP contribution in [0, 0.1) is 6.92 Å². The minimum atomic E-state index is -0.316. The Kier molecular flexibility index (Phi) is 4.75. The molecule has 0 saturated carbocycles. The van der Waals surface area contributed by atoms with Gasteiger partial charge in [0.25, 0.3) is 0 Å². The number of aryl methyl sites for hydroxylation is 1. The zero-order valence-electron chi connectivity index (χ0n) is 11.9. The summed E-state index contributed by atoms with van der Waals surface area (Å²) in [6.45, 7) is 3.86. The highest BCUT2D eigenvalue weighted by atomic mass is 35.5. The summed E-state index contributed by atoms with van der Waals surface area (Å²) in [5.74, 6) is 0. The summed E-state index contributed by atoms with van der Waals surface area (Å²) in [4.78, 5) is 12.0. The van der Waals surface area contributed by atoms with Crippen LogP contribution in [-0.4, -0.2) is 15.8 Å². The van der Waals surface area contributed by atoms with Gasteiger partial charge in [-0.2, -0.15) is 5.10 Å². The summed E-state index contributed by atoms with van der Waals surface area (Å²) in [5, 5.41) is 10.6. The molecule has 2 amide bonds. The number of amides is 2. The predicted octanol–water partition coefficient (Wildman–Crippen LogP) is 3.92. The Morgan fingerprint density at radius 2 is 2.05 bits per heavy atom. The van der Waals surface area contributed by atoms with Gasteiger partial charge >= 0.3 is 6.03 Å². The van der Waals surface area contributed by atoms with Gasteiger partial charge in [-0.05, 0) is 32.0 Å². The number of hydrogen-bond acceptors (Lipinski definition) is 2. The van der Waals surface area contributed by atoms with Crippen LogP contribution >= 0.6 is 23.2 Å². The lowest BCUT2D eigenvalue weighted by Crippen LogP contribution is -2.31. The van der Waals surface area contributed by atoms with Gasteiger partial charge in [0.15, 0.2) is 0 Å². The topological polar surface area (TPSA) is 59.0 Å². The number of benzene rings is 1. The van der Waals surface area contributed by atoms with Crippen molar-refractivity contribution in [1.82, 2.24) is 15.1 Å². The molecule has 0 radical (unpaired) electrons. The smallest absolute Gasteiger partial charge is 0.319 e. The minimum Gasteiger partial charge on any atom is -0.331 e. The van der Waals surface area contributed by atoms with E-state index in [2.05, 4.69) is 15.7 Å². The van der Waals surface area contributed by atoms with Crippen molar-refractivity contribution in [2.75, 3.05) is 5.32 Å². The molecule has 1 aromatic carbocycles. The third kappa shape index (κ3) is 3.68. The summed E-state index contributed by atoms with van der Waals surface area (Å²) in [7, 11) is 1.86. The highest BCUT2D eigenvalue weighted by Gasteiger charge is 2.14. The second-order valence-corrected chi connectivity index (χ2v) is 5.57. The molecule has 1 aromatic heterocycles. The average molecular weight is 327 g/mol. The maximum absolute atomic E-state index is 12.0. The van der Waals surface area contributed by atoms with Crippen molar-refractivity contribution >= 4 is 34.9 Å². The Labute approximate surface area is 133 Å². The molecule has 1 atom stereocenters. The molecule has 5 nitrogen and oxygen atoms in total. The fourth-order valence-electron chi connectivity index (χ4n) is 1.96. The molecule has 2 rings (SSSR count). The Balaban J connectivity index is 2.01. The van der Waals surface area contributed by atoms with E-state index in [1.165, 1.54) is 0 Å². The molecule has 7 heteroatoms. The van der Waals surface area contributed by atoms with Crippen LogP contribution in [-0.2, 0) is 7.05 Å². The molecule has 0 aliphatic rings. The van der Waals surface area contributed by atoms with E-state index < -0.39 is 0 Å². The molecule has 0 unspecified atom stereocenters. The first kappa shape index (κ1) is 15.7. The third-order valence-electron chi connectivity index (χ3n) is 3.26. The molecule has 2 N–H and O–H groups in total. The van der Waals surface area contributed by atoms with Crippen molar-refractivity contribution in [1.29, 1.82) is 0 Å². The minimum absolute atomic E-state index is 0.151. The Morgan fingerprint density at radius 3 is 2.62 bits per heavy atom. The summed E-state index contributed by atoms with van der Waals surface area (Å²) < 4.78 is 1.77. The normalized spacial score (nSPS) is 12.0. The van der Waals surface area contributed by atoms with Crippen LogP contribution in [0.1, 0.15) is 24.2 Å². The number of nitrogens with zero attached hydrogens (tertiary/aromatic N) is 2. The maximum atomic E-state index is 12.0. The number of aromatic nitrogens is 2. The van der Waals surface area contributed by atoms with Gasteiger partial charge in [-0.3, -0.25) is 4.68 Å². The molecule has 0 fully saturated rings. The van der Waals surface area contributed by atoms with Gasteiger partial charge in [0.05, 0.1) is 22.3 Å². The second kappa shape index (κ2) is 6.37. The quantitative estimate of drug-likeness (QED) is 0.898. The summed E-state index contributed by atoms with van der Waals surface area (Å²) in [5.41, 5.74) is 2.57. The summed E-state index contributed by atoms with van der Waals surface area (Å²) in [6.07, 6.45) is 1.75. The van der Waals surface area contributed by atoms with Crippen molar-refractivity contribution in [2.24, 2.45) is 7.05 Å². The zero-order valence-corrected chi connectivity index (χ0v) is 13.5. The number of carbonyl (C=O) groups excluding carboxylic acids is 1. The van der Waals surface area contributed by atoms with Crippen LogP contribution in [0.5, 0.6) is 0 Å². The Bertz CT molecular complexity index is 669. The lowest BCUT2D eigenvalue weighted by atomic mass is 10.1. The second-order valence-electron chi connectivity index (χ2n) is 4.76. The first-order valence-corrected chi connectivity index (χ1v) is 7.15. The average Bonchev–Trinajstić information content (AvgIpc) is 2.74. The van der Waals surface area contributed by atoms with Crippen molar-refractivity contribution in [3.8, 4) is 0 Å². The van der Waals surface area contributed by atoms with E-state index in [1.807, 2.05) is 20.9 Å². The highest BCUT2D eigenvalue weighted by molar-refractivity contribution is 6.42. The molecule has 0 aliphatic carbocycles. The number of carbonyl (C=O) groups is 1. The standard InChI is InChI=1S/C14H16Cl2N4O/c1-8(11-7-17-20(3)9(11)2)18-14(21)19-10-4-5-12(15)13(16)6-10/h4-8H,1-3H3,(H2,18,19,21)/t8-/m1/s1. The first-order valence-electron chi connectivity index (χ1n) is 6.39. The van der Waals surface area contributed by atoms with Gasteiger partial charge in [0, 0.05) is 24.0 Å². The molecular weight excluding hydrogens is 311 g/mol. The molecule has 0 bridgehead atoms. The fraction of sp³-hybridized carbons (Fsp3) is 0.286. The first-order chi connectivity index (χ1) is 9.88. The molecule has 112 valence electrons. The van der Waals surface area contributed by atoms with Gasteiger partial charge in [0.2, 0.25) is 0 Å². The van der Waals surface area contributed by atoms with Crippen molar-refractivity contribution in [2.45, 2.75) is 19.9 Å². The number of rotatable bonds is 3. The van der Waals surface area contributed by atoms with Crippen LogP contribution < -0.4 is 10.6 Å². The van der Waals surface area contributed by atoms with Crippen LogP contribution in [0.4, 0.5) is 10.5 Å². The molecular formula is C14H16Cl2N4O. The third-order valence-corrected chi connectivity index (χ3v) is 4.00. The van der Waals surface area contributed by atoms with Crippen LogP contribution in [0.3, 0.4) is 0 Å². The predicted molar refractivity (Wildman–Crippen MR) is 85.0 cm³/mol. The number of urea groups is 1. The van der Waals surface area contributed by atoms with Gasteiger partial charge in [0.1, 0.15) is 0 Å². The van der Waals surface area contributed by atoms with E-state index in [9.17, 15) is 4.79 Å². The van der Waals surface area contributed by atoms with E-state index in [4.69, 9.17) is 23.2 Å². The lowest BCUT2D eigenvalue weighted by molar-refractivity contribution is 0.249. The van der Waals surface area contributed by atoms with Gasteiger partial charge in [-0.25, -0.2) is 4.79 Å². The SMILES string of the molecule is Cc1c([C@@H](C)NC(=O)Nc2ccc(Cl)c(Cl)c2)cnn1C. The molecule has 0 aliphatic heterocycles. The van der Waals surface area contributed by atoms with Crippen LogP contribution in [0.15, 0.2) is 24.4 Å². The Hall–Kier alpha value is -1.72. The van der Waals surface area contributed by atoms with Crippen molar-refractivity contribution < 1.29 is 4.79 Å².